The first-order valence-corrected chi connectivity index (χ1v) is 13.1. The van der Waals surface area contributed by atoms with Crippen molar-refractivity contribution in [1.29, 1.82) is 0 Å². The normalized spacial score (nSPS) is 17.4. The average molecular weight is 600 g/mol. The topological polar surface area (TPSA) is 141 Å². The molecule has 0 aliphatic heterocycles. The Kier molecular flexibility index (Phi) is 9.48. The molecule has 0 unspecified atom stereocenters. The van der Waals surface area contributed by atoms with Gasteiger partial charge in [0.05, 0.1) is 15.0 Å². The van der Waals surface area contributed by atoms with E-state index in [9.17, 15) is 23.3 Å². The summed E-state index contributed by atoms with van der Waals surface area (Å²) in [6, 6.07) is 5.83. The van der Waals surface area contributed by atoms with Gasteiger partial charge in [-0.3, -0.25) is 15.1 Å². The van der Waals surface area contributed by atoms with Gasteiger partial charge in [0.1, 0.15) is 11.4 Å². The quantitative estimate of drug-likeness (QED) is 0.187. The van der Waals surface area contributed by atoms with Crippen LogP contribution < -0.4 is 21.1 Å². The van der Waals surface area contributed by atoms with Crippen molar-refractivity contribution in [3.8, 4) is 5.75 Å². The summed E-state index contributed by atoms with van der Waals surface area (Å²) in [5.74, 6) is -0.607. The number of nitrogens with two attached hydrogens (primary N) is 1. The molecule has 1 fully saturated rings. The number of nitrogens with one attached hydrogen (secondary N) is 2. The van der Waals surface area contributed by atoms with Crippen molar-refractivity contribution in [2.24, 2.45) is 5.92 Å². The van der Waals surface area contributed by atoms with E-state index in [2.05, 4.69) is 30.3 Å². The molecular formula is C25H26Cl2F3N7O3. The summed E-state index contributed by atoms with van der Waals surface area (Å²) in [7, 11) is 0. The fraction of sp³-hybridized carbons (Fsp3) is 0.400. The number of ether oxygens (including phenoxy) is 1. The number of nitro groups is 1. The monoisotopic (exact) mass is 599 g/mol. The van der Waals surface area contributed by atoms with E-state index in [4.69, 9.17) is 28.9 Å². The molecule has 0 amide bonds. The number of anilines is 2. The van der Waals surface area contributed by atoms with Crippen molar-refractivity contribution in [2.75, 3.05) is 11.1 Å². The highest BCUT2D eigenvalue weighted by molar-refractivity contribution is 6.35. The molecule has 3 aromatic rings. The summed E-state index contributed by atoms with van der Waals surface area (Å²) in [6.45, 7) is 0.376. The highest BCUT2D eigenvalue weighted by Crippen LogP contribution is 2.33. The van der Waals surface area contributed by atoms with E-state index in [1.165, 1.54) is 18.2 Å². The van der Waals surface area contributed by atoms with Crippen molar-refractivity contribution in [3.05, 3.63) is 73.6 Å². The van der Waals surface area contributed by atoms with Gasteiger partial charge in [0, 0.05) is 42.7 Å². The van der Waals surface area contributed by atoms with Gasteiger partial charge in [0.2, 0.25) is 11.8 Å². The zero-order chi connectivity index (χ0) is 28.9. The maximum absolute atomic E-state index is 12.7. The zero-order valence-corrected chi connectivity index (χ0v) is 22.6. The molecule has 0 bridgehead atoms. The van der Waals surface area contributed by atoms with Gasteiger partial charge in [-0.1, -0.05) is 41.4 Å². The Bertz CT molecular complexity index is 1340. The maximum Gasteiger partial charge on any atom is 0.573 e. The smallest absolute Gasteiger partial charge is 0.405 e. The Labute approximate surface area is 237 Å². The molecule has 0 atom stereocenters. The molecule has 1 aliphatic rings. The van der Waals surface area contributed by atoms with Gasteiger partial charge in [-0.25, -0.2) is 4.98 Å². The van der Waals surface area contributed by atoms with E-state index < -0.39 is 11.3 Å². The number of halogens is 5. The van der Waals surface area contributed by atoms with Crippen LogP contribution in [-0.2, 0) is 19.5 Å². The number of nitrogens with zero attached hydrogens (tertiary/aromatic N) is 4. The van der Waals surface area contributed by atoms with Crippen LogP contribution in [-0.4, -0.2) is 32.3 Å². The number of hydrogen-bond acceptors (Lipinski definition) is 9. The predicted octanol–water partition coefficient (Wildman–Crippen LogP) is 6.07. The highest BCUT2D eigenvalue weighted by atomic mass is 35.5. The average Bonchev–Trinajstić information content (AvgIpc) is 2.87. The molecule has 4 rings (SSSR count). The van der Waals surface area contributed by atoms with Crippen LogP contribution in [0.2, 0.25) is 10.0 Å². The van der Waals surface area contributed by atoms with Crippen molar-refractivity contribution in [1.82, 2.24) is 20.3 Å². The molecule has 10 nitrogen and oxygen atoms in total. The summed E-state index contributed by atoms with van der Waals surface area (Å²) in [6.07, 6.45) is 1.79. The van der Waals surface area contributed by atoms with Gasteiger partial charge in [0.25, 0.3) is 0 Å². The van der Waals surface area contributed by atoms with Gasteiger partial charge in [-0.2, -0.15) is 4.98 Å². The van der Waals surface area contributed by atoms with E-state index >= 15 is 0 Å². The van der Waals surface area contributed by atoms with Crippen molar-refractivity contribution in [2.45, 2.75) is 57.6 Å². The van der Waals surface area contributed by atoms with E-state index in [0.717, 1.165) is 31.2 Å². The van der Waals surface area contributed by atoms with Crippen molar-refractivity contribution < 1.29 is 22.8 Å². The second kappa shape index (κ2) is 12.8. The summed E-state index contributed by atoms with van der Waals surface area (Å²) < 4.78 is 42.3. The number of pyridine rings is 1. The minimum Gasteiger partial charge on any atom is -0.405 e. The lowest BCUT2D eigenvalue weighted by Crippen LogP contribution is -2.33. The second-order valence-corrected chi connectivity index (χ2v) is 10.2. The first kappa shape index (κ1) is 29.6. The Morgan fingerprint density at radius 2 is 1.75 bits per heavy atom. The Morgan fingerprint density at radius 3 is 2.40 bits per heavy atom. The Balaban J connectivity index is 1.40. The Morgan fingerprint density at radius 1 is 1.07 bits per heavy atom. The molecule has 1 aliphatic carbocycles. The minimum absolute atomic E-state index is 0.0265. The molecule has 0 saturated heterocycles. The fourth-order valence-corrected chi connectivity index (χ4v) is 5.19. The molecule has 0 radical (unpaired) electrons. The number of para-hydroxylation sites is 1. The first-order valence-electron chi connectivity index (χ1n) is 12.4. The molecule has 214 valence electrons. The maximum atomic E-state index is 12.7. The molecule has 40 heavy (non-hydrogen) atoms. The summed E-state index contributed by atoms with van der Waals surface area (Å²) in [5, 5.41) is 19.0. The van der Waals surface area contributed by atoms with Gasteiger partial charge in [-0.05, 0) is 44.1 Å². The molecule has 4 N–H and O–H groups in total. The van der Waals surface area contributed by atoms with E-state index in [-0.39, 0.29) is 53.0 Å². The lowest BCUT2D eigenvalue weighted by atomic mass is 9.83. The van der Waals surface area contributed by atoms with Crippen LogP contribution in [0.5, 0.6) is 5.75 Å². The number of alkyl halides is 3. The predicted molar refractivity (Wildman–Crippen MR) is 144 cm³/mol. The molecule has 2 heterocycles. The third kappa shape index (κ3) is 7.83. The van der Waals surface area contributed by atoms with Crippen LogP contribution in [0.4, 0.5) is 30.6 Å². The molecule has 15 heteroatoms. The second-order valence-electron chi connectivity index (χ2n) is 9.38. The fourth-order valence-electron chi connectivity index (χ4n) is 4.69. The first-order chi connectivity index (χ1) is 19.0. The number of nitrogen functional groups attached to an aromatic ring is 1. The van der Waals surface area contributed by atoms with E-state index in [0.29, 0.717) is 23.0 Å². The number of hydrogen-bond donors (Lipinski definition) is 3. The number of rotatable bonds is 10. The third-order valence-electron chi connectivity index (χ3n) is 6.65. The third-order valence-corrected chi connectivity index (χ3v) is 7.30. The van der Waals surface area contributed by atoms with Crippen LogP contribution in [0, 0.1) is 16.0 Å². The Hall–Kier alpha value is -3.42. The molecule has 2 aromatic heterocycles. The highest BCUT2D eigenvalue weighted by Gasteiger charge is 2.32. The standard InChI is InChI=1S/C25H26Cl2F3N7O3/c26-18-12-32-13-19(27)17(18)11-33-16-7-5-14(6-8-16)9-20-22(37(38)39)23(31)36-24(35-20)34-10-15-3-1-2-4-21(15)40-25(28,29)30/h1-4,12-14,16,33H,5-11H2,(H3,31,34,35,36)/t14-,16-. The number of benzene rings is 1. The van der Waals surface area contributed by atoms with Crippen LogP contribution >= 0.6 is 23.2 Å². The molecule has 0 spiro atoms. The number of aromatic nitrogens is 3. The lowest BCUT2D eigenvalue weighted by molar-refractivity contribution is -0.385. The zero-order valence-electron chi connectivity index (χ0n) is 21.0. The molecule has 1 saturated carbocycles. The summed E-state index contributed by atoms with van der Waals surface area (Å²) in [4.78, 5) is 23.4. The SMILES string of the molecule is Nc1nc(NCc2ccccc2OC(F)(F)F)nc(C[C@H]2CC[C@H](NCc3c(Cl)cncc3Cl)CC2)c1[N+](=O)[O-]. The lowest BCUT2D eigenvalue weighted by Gasteiger charge is -2.29. The van der Waals surface area contributed by atoms with Crippen LogP contribution in [0.1, 0.15) is 42.5 Å². The van der Waals surface area contributed by atoms with Crippen LogP contribution in [0.15, 0.2) is 36.7 Å². The molecule has 1 aromatic carbocycles. The van der Waals surface area contributed by atoms with Gasteiger partial charge >= 0.3 is 12.0 Å². The van der Waals surface area contributed by atoms with E-state index in [1.54, 1.807) is 18.5 Å². The van der Waals surface area contributed by atoms with Gasteiger partial charge in [0.15, 0.2) is 0 Å². The van der Waals surface area contributed by atoms with Gasteiger partial charge < -0.3 is 21.1 Å². The summed E-state index contributed by atoms with van der Waals surface area (Å²) in [5.41, 5.74) is 6.69. The minimum atomic E-state index is -4.86. The largest absolute Gasteiger partial charge is 0.573 e. The van der Waals surface area contributed by atoms with Crippen molar-refractivity contribution in [3.63, 3.8) is 0 Å². The van der Waals surface area contributed by atoms with Crippen LogP contribution in [0.3, 0.4) is 0 Å². The van der Waals surface area contributed by atoms with Gasteiger partial charge in [-0.15, -0.1) is 13.2 Å². The van der Waals surface area contributed by atoms with Crippen molar-refractivity contribution >= 4 is 40.7 Å². The summed E-state index contributed by atoms with van der Waals surface area (Å²) >= 11 is 12.4. The van der Waals surface area contributed by atoms with E-state index in [1.807, 2.05) is 0 Å². The van der Waals surface area contributed by atoms with Crippen LogP contribution in [0.25, 0.3) is 0 Å². The molecular weight excluding hydrogens is 574 g/mol.